The molecule has 1 saturated heterocycles. The largest absolute Gasteiger partial charge is 0.493 e. The minimum absolute atomic E-state index is 0.233. The number of ether oxygens (including phenoxy) is 1. The summed E-state index contributed by atoms with van der Waals surface area (Å²) < 4.78 is 5.87. The van der Waals surface area contributed by atoms with Gasteiger partial charge in [-0.2, -0.15) is 0 Å². The number of aliphatic carboxylic acids is 1. The number of amides is 2. The molecule has 142 valence electrons. The highest BCUT2D eigenvalue weighted by Gasteiger charge is 2.42. The van der Waals surface area contributed by atoms with Gasteiger partial charge in [-0.3, -0.25) is 4.79 Å². The molecule has 1 aromatic carbocycles. The fourth-order valence-corrected chi connectivity index (χ4v) is 3.71. The van der Waals surface area contributed by atoms with Gasteiger partial charge in [0.1, 0.15) is 5.75 Å². The fraction of sp³-hybridized carbons (Fsp3) is 0.600. The third-order valence-corrected chi connectivity index (χ3v) is 5.59. The second-order valence-electron chi connectivity index (χ2n) is 7.81. The molecule has 1 aliphatic carbocycles. The third-order valence-electron chi connectivity index (χ3n) is 5.59. The van der Waals surface area contributed by atoms with Crippen molar-refractivity contribution in [1.82, 2.24) is 4.90 Å². The van der Waals surface area contributed by atoms with E-state index >= 15 is 0 Å². The highest BCUT2D eigenvalue weighted by Crippen LogP contribution is 2.30. The maximum atomic E-state index is 12.3. The first-order chi connectivity index (χ1) is 12.5. The summed E-state index contributed by atoms with van der Waals surface area (Å²) in [6, 6.07) is 7.11. The molecule has 1 heterocycles. The van der Waals surface area contributed by atoms with Crippen molar-refractivity contribution in [2.75, 3.05) is 25.0 Å². The Hall–Kier alpha value is -2.24. The lowest BCUT2D eigenvalue weighted by atomic mass is 9.90. The number of nitrogens with one attached hydrogen (secondary N) is 1. The Balaban J connectivity index is 1.48. The first-order valence-electron chi connectivity index (χ1n) is 9.48. The zero-order valence-electron chi connectivity index (χ0n) is 15.4. The molecule has 2 aliphatic rings. The Bertz CT molecular complexity index is 640. The second-order valence-corrected chi connectivity index (χ2v) is 7.81. The number of carboxylic acid groups (broad SMARTS) is 1. The van der Waals surface area contributed by atoms with E-state index in [-0.39, 0.29) is 12.6 Å². The van der Waals surface area contributed by atoms with Crippen molar-refractivity contribution in [3.05, 3.63) is 24.3 Å². The summed E-state index contributed by atoms with van der Waals surface area (Å²) in [7, 11) is 0. The Morgan fingerprint density at radius 1 is 1.23 bits per heavy atom. The van der Waals surface area contributed by atoms with Crippen LogP contribution in [0.5, 0.6) is 5.75 Å². The number of likely N-dealkylation sites (tertiary alicyclic amines) is 1. The van der Waals surface area contributed by atoms with E-state index in [1.807, 2.05) is 24.3 Å². The summed E-state index contributed by atoms with van der Waals surface area (Å²) in [6.45, 7) is 3.13. The Morgan fingerprint density at radius 2 is 1.92 bits per heavy atom. The highest BCUT2D eigenvalue weighted by atomic mass is 16.5. The quantitative estimate of drug-likeness (QED) is 0.833. The van der Waals surface area contributed by atoms with Crippen LogP contribution in [0.1, 0.15) is 45.4 Å². The van der Waals surface area contributed by atoms with Gasteiger partial charge in [-0.05, 0) is 56.4 Å². The van der Waals surface area contributed by atoms with Gasteiger partial charge in [0, 0.05) is 18.8 Å². The molecule has 2 amide bonds. The first kappa shape index (κ1) is 18.5. The zero-order valence-corrected chi connectivity index (χ0v) is 15.4. The molecular weight excluding hydrogens is 332 g/mol. The Labute approximate surface area is 154 Å². The molecule has 2 N–H and O–H groups in total. The average molecular weight is 360 g/mol. The van der Waals surface area contributed by atoms with E-state index in [0.717, 1.165) is 12.4 Å². The van der Waals surface area contributed by atoms with Gasteiger partial charge in [0.15, 0.2) is 0 Å². The predicted octanol–water partition coefficient (Wildman–Crippen LogP) is 3.97. The number of benzene rings is 1. The molecule has 1 saturated carbocycles. The molecule has 1 aliphatic heterocycles. The lowest BCUT2D eigenvalue weighted by Gasteiger charge is -2.22. The van der Waals surface area contributed by atoms with Gasteiger partial charge >= 0.3 is 12.0 Å². The van der Waals surface area contributed by atoms with Gasteiger partial charge in [-0.25, -0.2) is 4.79 Å². The molecule has 6 nitrogen and oxygen atoms in total. The van der Waals surface area contributed by atoms with Gasteiger partial charge in [-0.1, -0.05) is 19.3 Å². The molecule has 1 unspecified atom stereocenters. The predicted molar refractivity (Wildman–Crippen MR) is 99.5 cm³/mol. The van der Waals surface area contributed by atoms with Crippen LogP contribution in [0.15, 0.2) is 24.3 Å². The van der Waals surface area contributed by atoms with Crippen molar-refractivity contribution in [2.45, 2.75) is 45.4 Å². The van der Waals surface area contributed by atoms with Crippen LogP contribution in [0.3, 0.4) is 0 Å². The molecule has 1 aromatic rings. The fourth-order valence-electron chi connectivity index (χ4n) is 3.71. The Kier molecular flexibility index (Phi) is 5.69. The number of anilines is 1. The smallest absolute Gasteiger partial charge is 0.321 e. The van der Waals surface area contributed by atoms with Crippen molar-refractivity contribution < 1.29 is 19.4 Å². The number of carboxylic acids is 1. The monoisotopic (exact) mass is 360 g/mol. The first-order valence-corrected chi connectivity index (χ1v) is 9.48. The molecular formula is C20H28N2O4. The molecule has 26 heavy (non-hydrogen) atoms. The second kappa shape index (κ2) is 7.98. The van der Waals surface area contributed by atoms with E-state index in [4.69, 9.17) is 4.74 Å². The molecule has 0 spiro atoms. The molecule has 2 fully saturated rings. The summed E-state index contributed by atoms with van der Waals surface area (Å²) >= 11 is 0. The highest BCUT2D eigenvalue weighted by molar-refractivity contribution is 5.90. The van der Waals surface area contributed by atoms with Crippen molar-refractivity contribution in [3.63, 3.8) is 0 Å². The maximum absolute atomic E-state index is 12.3. The molecule has 0 bridgehead atoms. The van der Waals surface area contributed by atoms with Crippen LogP contribution in [0.25, 0.3) is 0 Å². The van der Waals surface area contributed by atoms with Crippen LogP contribution in [-0.2, 0) is 4.79 Å². The van der Waals surface area contributed by atoms with Crippen molar-refractivity contribution in [2.24, 2.45) is 11.3 Å². The topological polar surface area (TPSA) is 78.9 Å². The summed E-state index contributed by atoms with van der Waals surface area (Å²) in [5.74, 6) is 0.613. The van der Waals surface area contributed by atoms with Crippen LogP contribution < -0.4 is 10.1 Å². The molecule has 1 atom stereocenters. The number of nitrogens with zero attached hydrogens (tertiary/aromatic N) is 1. The lowest BCUT2D eigenvalue weighted by molar-refractivity contribution is -0.146. The maximum Gasteiger partial charge on any atom is 0.321 e. The molecule has 6 heteroatoms. The minimum Gasteiger partial charge on any atom is -0.493 e. The van der Waals surface area contributed by atoms with Gasteiger partial charge in [0.05, 0.1) is 12.0 Å². The third kappa shape index (κ3) is 4.48. The minimum atomic E-state index is -0.854. The average Bonchev–Trinajstić information content (AvgIpc) is 3.06. The molecule has 0 radical (unpaired) electrons. The summed E-state index contributed by atoms with van der Waals surface area (Å²) in [4.78, 5) is 25.2. The number of rotatable bonds is 5. The van der Waals surface area contributed by atoms with E-state index < -0.39 is 11.4 Å². The van der Waals surface area contributed by atoms with E-state index in [9.17, 15) is 14.7 Å². The van der Waals surface area contributed by atoms with E-state index in [1.54, 1.807) is 11.8 Å². The number of hydrogen-bond acceptors (Lipinski definition) is 3. The van der Waals surface area contributed by atoms with E-state index in [1.165, 1.54) is 32.1 Å². The summed E-state index contributed by atoms with van der Waals surface area (Å²) in [5, 5.41) is 12.1. The van der Waals surface area contributed by atoms with Crippen LogP contribution in [-0.4, -0.2) is 41.7 Å². The van der Waals surface area contributed by atoms with Crippen LogP contribution >= 0.6 is 0 Å². The number of carbonyl (C=O) groups is 2. The normalized spacial score (nSPS) is 23.7. The van der Waals surface area contributed by atoms with Crippen LogP contribution in [0, 0.1) is 11.3 Å². The van der Waals surface area contributed by atoms with Crippen LogP contribution in [0.4, 0.5) is 10.5 Å². The number of urea groups is 1. The van der Waals surface area contributed by atoms with Gasteiger partial charge in [-0.15, -0.1) is 0 Å². The van der Waals surface area contributed by atoms with E-state index in [0.29, 0.717) is 24.6 Å². The van der Waals surface area contributed by atoms with Gasteiger partial charge < -0.3 is 20.1 Å². The van der Waals surface area contributed by atoms with Crippen molar-refractivity contribution in [1.29, 1.82) is 0 Å². The van der Waals surface area contributed by atoms with E-state index in [2.05, 4.69) is 5.32 Å². The van der Waals surface area contributed by atoms with Crippen molar-refractivity contribution >= 4 is 17.7 Å². The standard InChI is InChI=1S/C20H28N2O4/c1-20(18(23)24)11-12-22(14-20)19(25)21-16-7-9-17(10-8-16)26-13-15-5-3-2-4-6-15/h7-10,15H,2-6,11-14H2,1H3,(H,21,25)(H,23,24). The number of hydrogen-bond donors (Lipinski definition) is 2. The molecule has 3 rings (SSSR count). The van der Waals surface area contributed by atoms with Crippen molar-refractivity contribution in [3.8, 4) is 5.75 Å². The van der Waals surface area contributed by atoms with Gasteiger partial charge in [0.2, 0.25) is 0 Å². The molecule has 0 aromatic heterocycles. The zero-order chi connectivity index (χ0) is 18.6. The summed E-state index contributed by atoms with van der Waals surface area (Å²) in [5.41, 5.74) is -0.169. The lowest BCUT2D eigenvalue weighted by Crippen LogP contribution is -2.37. The number of carbonyl (C=O) groups excluding carboxylic acids is 1. The van der Waals surface area contributed by atoms with Gasteiger partial charge in [0.25, 0.3) is 0 Å². The summed E-state index contributed by atoms with van der Waals surface area (Å²) in [6.07, 6.45) is 6.92. The van der Waals surface area contributed by atoms with Crippen LogP contribution in [0.2, 0.25) is 0 Å². The SMILES string of the molecule is CC1(C(=O)O)CCN(C(=O)Nc2ccc(OCC3CCCCC3)cc2)C1. The Morgan fingerprint density at radius 3 is 2.54 bits per heavy atom.